The fourth-order valence-corrected chi connectivity index (χ4v) is 5.73. The summed E-state index contributed by atoms with van der Waals surface area (Å²) in [4.78, 5) is 8.96. The van der Waals surface area contributed by atoms with Crippen LogP contribution in [0.25, 0.3) is 22.2 Å². The van der Waals surface area contributed by atoms with Gasteiger partial charge in [-0.25, -0.2) is 26.8 Å². The van der Waals surface area contributed by atoms with Crippen LogP contribution in [0, 0.1) is 0 Å². The minimum atomic E-state index is -3.52. The Balaban J connectivity index is 1.63. The second-order valence-corrected chi connectivity index (χ2v) is 13.5. The molecule has 212 valence electrons. The lowest BCUT2D eigenvalue weighted by atomic mass is 10.1. The monoisotopic (exact) mass is 597 g/mol. The Morgan fingerprint density at radius 2 is 1.56 bits per heavy atom. The highest BCUT2D eigenvalue weighted by Crippen LogP contribution is 2.30. The highest BCUT2D eigenvalue weighted by Gasteiger charge is 2.18. The SMILES string of the molecule is CS(=O)(=O)c1ccc(Cc2nc3ccc(-c4ccnc(S(C)(=O)=O)c4)cc3n2Cc2ccccc2OC(F)F)cc1. The van der Waals surface area contributed by atoms with E-state index in [2.05, 4.69) is 4.98 Å². The van der Waals surface area contributed by atoms with Crippen LogP contribution in [0.15, 0.2) is 95.0 Å². The van der Waals surface area contributed by atoms with Gasteiger partial charge in [0.15, 0.2) is 24.7 Å². The summed E-state index contributed by atoms with van der Waals surface area (Å²) in [6.45, 7) is -2.84. The summed E-state index contributed by atoms with van der Waals surface area (Å²) in [7, 11) is -6.88. The molecule has 12 heteroatoms. The zero-order valence-electron chi connectivity index (χ0n) is 22.0. The first-order valence-corrected chi connectivity index (χ1v) is 16.1. The maximum absolute atomic E-state index is 13.1. The first kappa shape index (κ1) is 28.4. The third-order valence-corrected chi connectivity index (χ3v) is 8.62. The summed E-state index contributed by atoms with van der Waals surface area (Å²) in [6, 6.07) is 21.7. The number of sulfone groups is 2. The van der Waals surface area contributed by atoms with Crippen LogP contribution in [-0.4, -0.2) is 50.5 Å². The molecule has 0 atom stereocenters. The summed E-state index contributed by atoms with van der Waals surface area (Å²) in [5.41, 5.74) is 3.99. The van der Waals surface area contributed by atoms with Crippen LogP contribution in [0.4, 0.5) is 8.78 Å². The van der Waals surface area contributed by atoms with E-state index in [1.807, 2.05) is 16.7 Å². The molecule has 0 amide bonds. The molecule has 0 saturated carbocycles. The number of para-hydroxylation sites is 1. The van der Waals surface area contributed by atoms with Crippen molar-refractivity contribution in [2.75, 3.05) is 12.5 Å². The highest BCUT2D eigenvalue weighted by molar-refractivity contribution is 7.91. The van der Waals surface area contributed by atoms with E-state index >= 15 is 0 Å². The van der Waals surface area contributed by atoms with Crippen LogP contribution in [0.3, 0.4) is 0 Å². The topological polar surface area (TPSA) is 108 Å². The molecule has 8 nitrogen and oxygen atoms in total. The molecule has 0 spiro atoms. The first-order chi connectivity index (χ1) is 19.4. The molecule has 2 aromatic heterocycles. The van der Waals surface area contributed by atoms with E-state index in [1.54, 1.807) is 42.5 Å². The van der Waals surface area contributed by atoms with E-state index in [0.29, 0.717) is 40.0 Å². The molecule has 41 heavy (non-hydrogen) atoms. The first-order valence-electron chi connectivity index (χ1n) is 12.4. The average molecular weight is 598 g/mol. The van der Waals surface area contributed by atoms with Gasteiger partial charge in [-0.15, -0.1) is 0 Å². The van der Waals surface area contributed by atoms with Crippen molar-refractivity contribution in [2.45, 2.75) is 29.5 Å². The van der Waals surface area contributed by atoms with Crippen molar-refractivity contribution in [3.8, 4) is 16.9 Å². The summed E-state index contributed by atoms with van der Waals surface area (Å²) in [5.74, 6) is 0.651. The Kier molecular flexibility index (Phi) is 7.62. The second kappa shape index (κ2) is 11.0. The van der Waals surface area contributed by atoms with Crippen LogP contribution in [0.2, 0.25) is 0 Å². The number of alkyl halides is 2. The Morgan fingerprint density at radius 3 is 2.24 bits per heavy atom. The Hall–Kier alpha value is -4.16. The predicted molar refractivity (Wildman–Crippen MR) is 151 cm³/mol. The number of aromatic nitrogens is 3. The van der Waals surface area contributed by atoms with Gasteiger partial charge in [0.05, 0.1) is 22.5 Å². The van der Waals surface area contributed by atoms with Gasteiger partial charge in [0, 0.05) is 30.7 Å². The minimum absolute atomic E-state index is 0.0379. The van der Waals surface area contributed by atoms with Gasteiger partial charge in [0.25, 0.3) is 0 Å². The zero-order valence-corrected chi connectivity index (χ0v) is 23.7. The summed E-state index contributed by atoms with van der Waals surface area (Å²) in [5, 5.41) is -0.0556. The fraction of sp³-hybridized carbons (Fsp3) is 0.172. The zero-order chi connectivity index (χ0) is 29.4. The Morgan fingerprint density at radius 1 is 0.854 bits per heavy atom. The number of halogens is 2. The summed E-state index contributed by atoms with van der Waals surface area (Å²) in [6.07, 6.45) is 3.99. The third kappa shape index (κ3) is 6.44. The molecule has 0 fully saturated rings. The van der Waals surface area contributed by atoms with Crippen molar-refractivity contribution >= 4 is 30.7 Å². The van der Waals surface area contributed by atoms with Gasteiger partial charge in [-0.2, -0.15) is 8.78 Å². The van der Waals surface area contributed by atoms with Gasteiger partial charge in [0.1, 0.15) is 11.6 Å². The predicted octanol–water partition coefficient (Wildman–Crippen LogP) is 5.15. The lowest BCUT2D eigenvalue weighted by molar-refractivity contribution is -0.0504. The average Bonchev–Trinajstić information content (AvgIpc) is 3.24. The number of hydrogen-bond donors (Lipinski definition) is 0. The summed E-state index contributed by atoms with van der Waals surface area (Å²) >= 11 is 0. The number of nitrogens with zero attached hydrogens (tertiary/aromatic N) is 3. The molecule has 0 aliphatic carbocycles. The molecule has 3 aromatic carbocycles. The smallest absolute Gasteiger partial charge is 0.387 e. The normalized spacial score (nSPS) is 12.2. The Bertz CT molecular complexity index is 1960. The number of benzene rings is 3. The number of fused-ring (bicyclic) bond motifs is 1. The number of ether oxygens (including phenoxy) is 1. The van der Waals surface area contributed by atoms with Crippen molar-refractivity contribution in [1.29, 1.82) is 0 Å². The van der Waals surface area contributed by atoms with E-state index in [0.717, 1.165) is 18.1 Å². The molecule has 0 N–H and O–H groups in total. The molecular formula is C29H25F2N3O5S2. The molecule has 5 aromatic rings. The summed E-state index contributed by atoms with van der Waals surface area (Å²) < 4.78 is 80.9. The molecular weight excluding hydrogens is 572 g/mol. The Labute approximate surface area is 236 Å². The van der Waals surface area contributed by atoms with Crippen molar-refractivity contribution in [2.24, 2.45) is 0 Å². The maximum Gasteiger partial charge on any atom is 0.387 e. The van der Waals surface area contributed by atoms with E-state index < -0.39 is 26.3 Å². The van der Waals surface area contributed by atoms with Crippen LogP contribution in [0.1, 0.15) is 17.0 Å². The van der Waals surface area contributed by atoms with Crippen molar-refractivity contribution in [1.82, 2.24) is 14.5 Å². The standard InChI is InChI=1S/C29H25F2N3O5S2/c1-40(35,36)23-10-7-19(8-11-23)15-27-33-24-12-9-20(21-13-14-32-28(17-21)41(2,37)38)16-25(24)34(27)18-22-5-3-4-6-26(22)39-29(30)31/h3-14,16-17,29H,15,18H2,1-2H3. The molecule has 2 heterocycles. The lowest BCUT2D eigenvalue weighted by Crippen LogP contribution is -2.10. The number of imidazole rings is 1. The van der Waals surface area contributed by atoms with Crippen molar-refractivity contribution < 1.29 is 30.4 Å². The third-order valence-electron chi connectivity index (χ3n) is 6.51. The van der Waals surface area contributed by atoms with E-state index in [-0.39, 0.29) is 22.2 Å². The highest BCUT2D eigenvalue weighted by atomic mass is 32.2. The minimum Gasteiger partial charge on any atom is -0.434 e. The van der Waals surface area contributed by atoms with Crippen LogP contribution < -0.4 is 4.74 Å². The van der Waals surface area contributed by atoms with Crippen molar-refractivity contribution in [3.63, 3.8) is 0 Å². The molecule has 0 unspecified atom stereocenters. The van der Waals surface area contributed by atoms with Gasteiger partial charge in [-0.1, -0.05) is 36.4 Å². The molecule has 0 aliphatic rings. The molecule has 0 aliphatic heterocycles. The van der Waals surface area contributed by atoms with Gasteiger partial charge >= 0.3 is 6.61 Å². The largest absolute Gasteiger partial charge is 0.434 e. The molecule has 0 radical (unpaired) electrons. The maximum atomic E-state index is 13.1. The van der Waals surface area contributed by atoms with Gasteiger partial charge in [-0.3, -0.25) is 0 Å². The van der Waals surface area contributed by atoms with Gasteiger partial charge in [0.2, 0.25) is 0 Å². The van der Waals surface area contributed by atoms with Crippen LogP contribution in [0.5, 0.6) is 5.75 Å². The number of rotatable bonds is 9. The van der Waals surface area contributed by atoms with Gasteiger partial charge in [-0.05, 0) is 59.2 Å². The number of pyridine rings is 1. The van der Waals surface area contributed by atoms with Gasteiger partial charge < -0.3 is 9.30 Å². The fourth-order valence-electron chi connectivity index (χ4n) is 4.51. The van der Waals surface area contributed by atoms with Crippen molar-refractivity contribution in [3.05, 3.63) is 102 Å². The quantitative estimate of drug-likeness (QED) is 0.231. The van der Waals surface area contributed by atoms with E-state index in [9.17, 15) is 25.6 Å². The molecule has 0 bridgehead atoms. The number of hydrogen-bond acceptors (Lipinski definition) is 7. The van der Waals surface area contributed by atoms with Crippen LogP contribution >= 0.6 is 0 Å². The van der Waals surface area contributed by atoms with E-state index in [4.69, 9.17) is 9.72 Å². The molecule has 0 saturated heterocycles. The molecule has 5 rings (SSSR count). The second-order valence-electron chi connectivity index (χ2n) is 9.55. The van der Waals surface area contributed by atoms with E-state index in [1.165, 1.54) is 30.5 Å². The lowest BCUT2D eigenvalue weighted by Gasteiger charge is -2.14. The van der Waals surface area contributed by atoms with Crippen LogP contribution in [-0.2, 0) is 32.6 Å².